The molecule has 1 unspecified atom stereocenters. The van der Waals surface area contributed by atoms with Crippen molar-refractivity contribution in [3.63, 3.8) is 0 Å². The normalized spacial score (nSPS) is 11.6. The smallest absolute Gasteiger partial charge is 0.140 e. The van der Waals surface area contributed by atoms with Gasteiger partial charge in [-0.2, -0.15) is 5.26 Å². The third-order valence-corrected chi connectivity index (χ3v) is 2.73. The quantitative estimate of drug-likeness (QED) is 0.832. The van der Waals surface area contributed by atoms with Crippen LogP contribution in [-0.4, -0.2) is 11.2 Å². The van der Waals surface area contributed by atoms with Gasteiger partial charge in [0.1, 0.15) is 17.6 Å². The van der Waals surface area contributed by atoms with E-state index < -0.39 is 6.10 Å². The van der Waals surface area contributed by atoms with E-state index in [1.807, 2.05) is 60.7 Å². The maximum Gasteiger partial charge on any atom is 0.140 e. The van der Waals surface area contributed by atoms with Crippen molar-refractivity contribution in [1.29, 1.82) is 5.26 Å². The molecule has 1 atom stereocenters. The molecule has 0 aromatic heterocycles. The van der Waals surface area contributed by atoms with Crippen molar-refractivity contribution in [2.24, 2.45) is 0 Å². The highest BCUT2D eigenvalue weighted by Gasteiger charge is 2.03. The van der Waals surface area contributed by atoms with Crippen molar-refractivity contribution in [2.45, 2.75) is 18.9 Å². The van der Waals surface area contributed by atoms with E-state index in [0.717, 1.165) is 17.1 Å². The Labute approximate surface area is 112 Å². The zero-order chi connectivity index (χ0) is 13.5. The van der Waals surface area contributed by atoms with Crippen LogP contribution in [0.3, 0.4) is 0 Å². The first kappa shape index (κ1) is 13.1. The van der Waals surface area contributed by atoms with Crippen LogP contribution in [0.25, 0.3) is 0 Å². The summed E-state index contributed by atoms with van der Waals surface area (Å²) in [5.41, 5.74) is 1.04. The fourth-order valence-corrected chi connectivity index (χ4v) is 1.76. The molecule has 0 aliphatic heterocycles. The summed E-state index contributed by atoms with van der Waals surface area (Å²) in [6, 6.07) is 19.1. The molecular formula is C16H15NO2. The molecular weight excluding hydrogens is 238 g/mol. The van der Waals surface area contributed by atoms with Crippen LogP contribution in [0.5, 0.6) is 11.5 Å². The number of nitriles is 1. The van der Waals surface area contributed by atoms with E-state index >= 15 is 0 Å². The van der Waals surface area contributed by atoms with Crippen LogP contribution in [0, 0.1) is 11.3 Å². The van der Waals surface area contributed by atoms with Crippen molar-refractivity contribution in [3.8, 4) is 17.6 Å². The zero-order valence-electron chi connectivity index (χ0n) is 10.5. The lowest BCUT2D eigenvalue weighted by Gasteiger charge is -2.08. The van der Waals surface area contributed by atoms with Crippen LogP contribution in [0.1, 0.15) is 12.0 Å². The molecule has 0 amide bonds. The Kier molecular flexibility index (Phi) is 4.54. The Morgan fingerprint density at radius 2 is 1.79 bits per heavy atom. The maximum atomic E-state index is 9.23. The first-order valence-corrected chi connectivity index (χ1v) is 6.17. The van der Waals surface area contributed by atoms with E-state index in [1.54, 1.807) is 0 Å². The Bertz CT molecular complexity index is 560. The van der Waals surface area contributed by atoms with Crippen molar-refractivity contribution in [3.05, 3.63) is 60.2 Å². The number of aliphatic hydroxyl groups is 1. The van der Waals surface area contributed by atoms with Gasteiger partial charge in [0.2, 0.25) is 0 Å². The highest BCUT2D eigenvalue weighted by Crippen LogP contribution is 2.22. The third kappa shape index (κ3) is 4.13. The number of rotatable bonds is 5. The van der Waals surface area contributed by atoms with Gasteiger partial charge in [-0.15, -0.1) is 0 Å². The Morgan fingerprint density at radius 1 is 1.05 bits per heavy atom. The molecule has 0 aliphatic rings. The summed E-state index contributed by atoms with van der Waals surface area (Å²) in [5.74, 6) is 1.55. The van der Waals surface area contributed by atoms with Gasteiger partial charge in [-0.3, -0.25) is 0 Å². The molecule has 2 rings (SSSR count). The van der Waals surface area contributed by atoms with Gasteiger partial charge in [0.15, 0.2) is 0 Å². The number of aryl methyl sites for hydroxylation is 1. The third-order valence-electron chi connectivity index (χ3n) is 2.73. The number of benzene rings is 2. The second-order valence-corrected chi connectivity index (χ2v) is 4.25. The van der Waals surface area contributed by atoms with Gasteiger partial charge in [0.25, 0.3) is 0 Å². The second-order valence-electron chi connectivity index (χ2n) is 4.25. The molecule has 3 nitrogen and oxygen atoms in total. The van der Waals surface area contributed by atoms with Crippen molar-refractivity contribution in [2.75, 3.05) is 0 Å². The molecule has 2 aromatic rings. The Morgan fingerprint density at radius 3 is 2.53 bits per heavy atom. The summed E-state index contributed by atoms with van der Waals surface area (Å²) in [4.78, 5) is 0. The summed E-state index contributed by atoms with van der Waals surface area (Å²) >= 11 is 0. The lowest BCUT2D eigenvalue weighted by molar-refractivity contribution is 0.220. The van der Waals surface area contributed by atoms with Crippen molar-refractivity contribution < 1.29 is 9.84 Å². The summed E-state index contributed by atoms with van der Waals surface area (Å²) in [7, 11) is 0. The Balaban J connectivity index is 2.01. The molecule has 2 aromatic carbocycles. The monoisotopic (exact) mass is 253 g/mol. The van der Waals surface area contributed by atoms with Crippen LogP contribution in [-0.2, 0) is 6.42 Å². The SMILES string of the molecule is N#CC(O)CCc1cccc(Oc2ccccc2)c1. The second kappa shape index (κ2) is 6.58. The molecule has 0 aliphatic carbocycles. The van der Waals surface area contributed by atoms with Gasteiger partial charge in [-0.05, 0) is 42.7 Å². The molecule has 0 bridgehead atoms. The molecule has 1 N–H and O–H groups in total. The number of ether oxygens (including phenoxy) is 1. The zero-order valence-corrected chi connectivity index (χ0v) is 10.5. The van der Waals surface area contributed by atoms with Crippen LogP contribution in [0.15, 0.2) is 54.6 Å². The molecule has 0 fully saturated rings. The largest absolute Gasteiger partial charge is 0.457 e. The van der Waals surface area contributed by atoms with E-state index in [2.05, 4.69) is 0 Å². The van der Waals surface area contributed by atoms with Crippen LogP contribution >= 0.6 is 0 Å². The van der Waals surface area contributed by atoms with E-state index in [-0.39, 0.29) is 0 Å². The molecule has 96 valence electrons. The number of aliphatic hydroxyl groups excluding tert-OH is 1. The minimum absolute atomic E-state index is 0.436. The van der Waals surface area contributed by atoms with Gasteiger partial charge < -0.3 is 9.84 Å². The van der Waals surface area contributed by atoms with Gasteiger partial charge in [-0.25, -0.2) is 0 Å². The molecule has 0 spiro atoms. The number of nitrogens with zero attached hydrogens (tertiary/aromatic N) is 1. The number of para-hydroxylation sites is 1. The van der Waals surface area contributed by atoms with Crippen LogP contribution in [0.4, 0.5) is 0 Å². The van der Waals surface area contributed by atoms with Crippen molar-refractivity contribution in [1.82, 2.24) is 0 Å². The Hall–Kier alpha value is -2.31. The minimum Gasteiger partial charge on any atom is -0.457 e. The van der Waals surface area contributed by atoms with E-state index in [1.165, 1.54) is 0 Å². The highest BCUT2D eigenvalue weighted by molar-refractivity contribution is 5.33. The van der Waals surface area contributed by atoms with E-state index in [4.69, 9.17) is 10.00 Å². The van der Waals surface area contributed by atoms with Gasteiger partial charge in [0.05, 0.1) is 6.07 Å². The van der Waals surface area contributed by atoms with Crippen LogP contribution < -0.4 is 4.74 Å². The summed E-state index contributed by atoms with van der Waals surface area (Å²) in [6.45, 7) is 0. The number of hydrogen-bond donors (Lipinski definition) is 1. The van der Waals surface area contributed by atoms with E-state index in [9.17, 15) is 5.11 Å². The fraction of sp³-hybridized carbons (Fsp3) is 0.188. The first-order chi connectivity index (χ1) is 9.28. The molecule has 0 radical (unpaired) electrons. The molecule has 0 saturated carbocycles. The molecule has 0 heterocycles. The standard InChI is InChI=1S/C16H15NO2/c17-12-14(18)10-9-13-5-4-8-16(11-13)19-15-6-2-1-3-7-15/h1-8,11,14,18H,9-10H2. The molecule has 0 saturated heterocycles. The molecule has 3 heteroatoms. The first-order valence-electron chi connectivity index (χ1n) is 6.17. The highest BCUT2D eigenvalue weighted by atomic mass is 16.5. The number of hydrogen-bond acceptors (Lipinski definition) is 3. The van der Waals surface area contributed by atoms with Gasteiger partial charge in [0, 0.05) is 0 Å². The average molecular weight is 253 g/mol. The van der Waals surface area contributed by atoms with E-state index in [0.29, 0.717) is 12.8 Å². The average Bonchev–Trinajstić information content (AvgIpc) is 2.46. The molecule has 19 heavy (non-hydrogen) atoms. The van der Waals surface area contributed by atoms with Gasteiger partial charge in [-0.1, -0.05) is 30.3 Å². The van der Waals surface area contributed by atoms with Gasteiger partial charge >= 0.3 is 0 Å². The predicted molar refractivity (Wildman–Crippen MR) is 72.9 cm³/mol. The summed E-state index contributed by atoms with van der Waals surface area (Å²) in [6.07, 6.45) is 0.185. The summed E-state index contributed by atoms with van der Waals surface area (Å²) < 4.78 is 5.72. The lowest BCUT2D eigenvalue weighted by Crippen LogP contribution is -2.03. The maximum absolute atomic E-state index is 9.23. The predicted octanol–water partition coefficient (Wildman–Crippen LogP) is 3.30. The summed E-state index contributed by atoms with van der Waals surface area (Å²) in [5, 5.41) is 17.8. The van der Waals surface area contributed by atoms with Crippen LogP contribution in [0.2, 0.25) is 0 Å². The van der Waals surface area contributed by atoms with Crippen molar-refractivity contribution >= 4 is 0 Å². The minimum atomic E-state index is -0.904. The topological polar surface area (TPSA) is 53.2 Å². The lowest BCUT2D eigenvalue weighted by atomic mass is 10.1. The fourth-order valence-electron chi connectivity index (χ4n) is 1.76.